The average molecular weight is 224 g/mol. The first-order valence-electron chi connectivity index (χ1n) is 5.41. The lowest BCUT2D eigenvalue weighted by atomic mass is 10.1. The Balaban J connectivity index is 2.13. The number of benzene rings is 1. The normalized spacial score (nSPS) is 10.9. The van der Waals surface area contributed by atoms with Crippen LogP contribution < -0.4 is 5.73 Å². The van der Waals surface area contributed by atoms with Gasteiger partial charge < -0.3 is 5.73 Å². The van der Waals surface area contributed by atoms with Gasteiger partial charge in [-0.2, -0.15) is 4.98 Å². The molecule has 1 aromatic carbocycles. The van der Waals surface area contributed by atoms with Gasteiger partial charge in [0.1, 0.15) is 0 Å². The minimum absolute atomic E-state index is 0.297. The Bertz CT molecular complexity index is 667. The second-order valence-electron chi connectivity index (χ2n) is 4.05. The average Bonchev–Trinajstić information content (AvgIpc) is 2.69. The summed E-state index contributed by atoms with van der Waals surface area (Å²) >= 11 is 0. The molecule has 2 N–H and O–H groups in total. The first-order valence-corrected chi connectivity index (χ1v) is 5.41. The summed E-state index contributed by atoms with van der Waals surface area (Å²) in [6, 6.07) is 12.4. The fourth-order valence-electron chi connectivity index (χ4n) is 1.82. The SMILES string of the molecule is Cc1ccc(-c2ccn3nc(N)nc3c2)cc1. The number of pyridine rings is 1. The van der Waals surface area contributed by atoms with E-state index in [4.69, 9.17) is 5.73 Å². The molecule has 0 saturated heterocycles. The first kappa shape index (κ1) is 9.84. The highest BCUT2D eigenvalue weighted by Gasteiger charge is 2.02. The number of rotatable bonds is 1. The Morgan fingerprint density at radius 1 is 1.06 bits per heavy atom. The van der Waals surface area contributed by atoms with Gasteiger partial charge in [-0.05, 0) is 30.2 Å². The number of aromatic nitrogens is 3. The van der Waals surface area contributed by atoms with Crippen molar-refractivity contribution in [3.8, 4) is 11.1 Å². The fraction of sp³-hybridized carbons (Fsp3) is 0.0769. The van der Waals surface area contributed by atoms with Gasteiger partial charge in [0.05, 0.1) is 0 Å². The van der Waals surface area contributed by atoms with Crippen LogP contribution >= 0.6 is 0 Å². The standard InChI is InChI=1S/C13H12N4/c1-9-2-4-10(5-3-9)11-6-7-17-12(8-11)15-13(14)16-17/h2-8H,1H3,(H2,14,16). The van der Waals surface area contributed by atoms with Crippen molar-refractivity contribution in [2.45, 2.75) is 6.92 Å². The third kappa shape index (κ3) is 1.73. The van der Waals surface area contributed by atoms with Crippen molar-refractivity contribution in [3.05, 3.63) is 48.2 Å². The molecule has 0 atom stereocenters. The van der Waals surface area contributed by atoms with Gasteiger partial charge in [0, 0.05) is 6.20 Å². The molecule has 3 aromatic rings. The lowest BCUT2D eigenvalue weighted by Crippen LogP contribution is -1.89. The number of nitrogens with two attached hydrogens (primary N) is 1. The predicted molar refractivity (Wildman–Crippen MR) is 67.6 cm³/mol. The van der Waals surface area contributed by atoms with Crippen molar-refractivity contribution in [1.82, 2.24) is 14.6 Å². The largest absolute Gasteiger partial charge is 0.366 e. The Kier molecular flexibility index (Phi) is 2.08. The maximum Gasteiger partial charge on any atom is 0.240 e. The van der Waals surface area contributed by atoms with E-state index in [1.165, 1.54) is 11.1 Å². The topological polar surface area (TPSA) is 56.2 Å². The zero-order chi connectivity index (χ0) is 11.8. The number of fused-ring (bicyclic) bond motifs is 1. The quantitative estimate of drug-likeness (QED) is 0.690. The summed E-state index contributed by atoms with van der Waals surface area (Å²) < 4.78 is 1.67. The molecule has 0 aliphatic carbocycles. The van der Waals surface area contributed by atoms with E-state index < -0.39 is 0 Å². The molecule has 0 saturated carbocycles. The van der Waals surface area contributed by atoms with Crippen LogP contribution in [0.2, 0.25) is 0 Å². The smallest absolute Gasteiger partial charge is 0.240 e. The summed E-state index contributed by atoms with van der Waals surface area (Å²) in [4.78, 5) is 4.15. The van der Waals surface area contributed by atoms with Crippen LogP contribution in [0.4, 0.5) is 5.95 Å². The summed E-state index contributed by atoms with van der Waals surface area (Å²) in [6.45, 7) is 2.08. The molecular weight excluding hydrogens is 212 g/mol. The van der Waals surface area contributed by atoms with Crippen LogP contribution in [-0.4, -0.2) is 14.6 Å². The molecule has 0 bridgehead atoms. The van der Waals surface area contributed by atoms with Gasteiger partial charge in [-0.15, -0.1) is 5.10 Å². The number of nitrogen functional groups attached to an aromatic ring is 1. The van der Waals surface area contributed by atoms with Crippen molar-refractivity contribution in [3.63, 3.8) is 0 Å². The monoisotopic (exact) mass is 224 g/mol. The van der Waals surface area contributed by atoms with E-state index in [0.29, 0.717) is 5.95 Å². The van der Waals surface area contributed by atoms with Crippen molar-refractivity contribution < 1.29 is 0 Å². The predicted octanol–water partition coefficient (Wildman–Crippen LogP) is 2.29. The zero-order valence-electron chi connectivity index (χ0n) is 9.46. The molecule has 3 rings (SSSR count). The molecule has 0 spiro atoms. The summed E-state index contributed by atoms with van der Waals surface area (Å²) in [5.74, 6) is 0.297. The molecule has 2 heterocycles. The van der Waals surface area contributed by atoms with Crippen molar-refractivity contribution >= 4 is 11.6 Å². The Labute approximate surface area is 98.7 Å². The lowest BCUT2D eigenvalue weighted by Gasteiger charge is -2.02. The van der Waals surface area contributed by atoms with Crippen LogP contribution in [-0.2, 0) is 0 Å². The van der Waals surface area contributed by atoms with Crippen molar-refractivity contribution in [1.29, 1.82) is 0 Å². The number of hydrogen-bond donors (Lipinski definition) is 1. The molecule has 4 nitrogen and oxygen atoms in total. The van der Waals surface area contributed by atoms with Gasteiger partial charge >= 0.3 is 0 Å². The third-order valence-corrected chi connectivity index (χ3v) is 2.74. The van der Waals surface area contributed by atoms with Crippen LogP contribution in [0.25, 0.3) is 16.8 Å². The molecule has 0 aliphatic rings. The lowest BCUT2D eigenvalue weighted by molar-refractivity contribution is 0.968. The summed E-state index contributed by atoms with van der Waals surface area (Å²) in [7, 11) is 0. The Morgan fingerprint density at radius 3 is 2.59 bits per heavy atom. The van der Waals surface area contributed by atoms with Crippen LogP contribution in [0.1, 0.15) is 5.56 Å². The van der Waals surface area contributed by atoms with Crippen LogP contribution in [0.5, 0.6) is 0 Å². The highest BCUT2D eigenvalue weighted by Crippen LogP contribution is 2.20. The molecule has 84 valence electrons. The van der Waals surface area contributed by atoms with Gasteiger partial charge in [-0.1, -0.05) is 29.8 Å². The van der Waals surface area contributed by atoms with Crippen LogP contribution in [0, 0.1) is 6.92 Å². The molecule has 0 radical (unpaired) electrons. The van der Waals surface area contributed by atoms with Gasteiger partial charge in [0.25, 0.3) is 0 Å². The van der Waals surface area contributed by atoms with E-state index in [2.05, 4.69) is 41.3 Å². The van der Waals surface area contributed by atoms with E-state index in [1.54, 1.807) is 4.52 Å². The van der Waals surface area contributed by atoms with E-state index in [1.807, 2.05) is 18.3 Å². The molecule has 0 unspecified atom stereocenters. The molecule has 0 amide bonds. The minimum atomic E-state index is 0.297. The summed E-state index contributed by atoms with van der Waals surface area (Å²) in [6.07, 6.45) is 1.87. The number of nitrogens with zero attached hydrogens (tertiary/aromatic N) is 3. The van der Waals surface area contributed by atoms with Gasteiger partial charge in [-0.3, -0.25) is 0 Å². The molecule has 0 fully saturated rings. The first-order chi connectivity index (χ1) is 8.22. The van der Waals surface area contributed by atoms with E-state index in [9.17, 15) is 0 Å². The second kappa shape index (κ2) is 3.59. The summed E-state index contributed by atoms with van der Waals surface area (Å²) in [5.41, 5.74) is 9.85. The van der Waals surface area contributed by atoms with Crippen LogP contribution in [0.3, 0.4) is 0 Å². The third-order valence-electron chi connectivity index (χ3n) is 2.74. The summed E-state index contributed by atoms with van der Waals surface area (Å²) in [5, 5.41) is 4.05. The second-order valence-corrected chi connectivity index (χ2v) is 4.05. The van der Waals surface area contributed by atoms with Gasteiger partial charge in [0.15, 0.2) is 5.65 Å². The minimum Gasteiger partial charge on any atom is -0.366 e. The molecule has 2 aromatic heterocycles. The fourth-order valence-corrected chi connectivity index (χ4v) is 1.82. The molecular formula is C13H12N4. The zero-order valence-corrected chi connectivity index (χ0v) is 9.46. The molecule has 4 heteroatoms. The maximum atomic E-state index is 5.56. The number of hydrogen-bond acceptors (Lipinski definition) is 3. The molecule has 0 aliphatic heterocycles. The van der Waals surface area contributed by atoms with E-state index in [0.717, 1.165) is 11.2 Å². The van der Waals surface area contributed by atoms with E-state index in [-0.39, 0.29) is 0 Å². The van der Waals surface area contributed by atoms with Crippen molar-refractivity contribution in [2.75, 3.05) is 5.73 Å². The Morgan fingerprint density at radius 2 is 1.82 bits per heavy atom. The highest BCUT2D eigenvalue weighted by atomic mass is 15.3. The maximum absolute atomic E-state index is 5.56. The number of aryl methyl sites for hydroxylation is 1. The number of anilines is 1. The van der Waals surface area contributed by atoms with Gasteiger partial charge in [-0.25, -0.2) is 4.52 Å². The molecule has 17 heavy (non-hydrogen) atoms. The van der Waals surface area contributed by atoms with Crippen LogP contribution in [0.15, 0.2) is 42.6 Å². The van der Waals surface area contributed by atoms with Gasteiger partial charge in [0.2, 0.25) is 5.95 Å². The highest BCUT2D eigenvalue weighted by molar-refractivity contribution is 5.67. The Hall–Kier alpha value is -2.36. The van der Waals surface area contributed by atoms with E-state index >= 15 is 0 Å². The van der Waals surface area contributed by atoms with Crippen molar-refractivity contribution in [2.24, 2.45) is 0 Å².